The highest BCUT2D eigenvalue weighted by molar-refractivity contribution is 5.97. The lowest BCUT2D eigenvalue weighted by Crippen LogP contribution is -2.41. The van der Waals surface area contributed by atoms with Crippen molar-refractivity contribution >= 4 is 40.6 Å². The Morgan fingerprint density at radius 1 is 1.17 bits per heavy atom. The summed E-state index contributed by atoms with van der Waals surface area (Å²) in [4.78, 5) is 62.3. The molecule has 3 rings (SSSR count). The van der Waals surface area contributed by atoms with E-state index < -0.39 is 29.4 Å². The second kappa shape index (κ2) is 12.2. The molecule has 36 heavy (non-hydrogen) atoms. The van der Waals surface area contributed by atoms with E-state index in [1.807, 2.05) is 0 Å². The zero-order valence-corrected chi connectivity index (χ0v) is 19.2. The molecule has 0 radical (unpaired) electrons. The molecule has 1 unspecified atom stereocenters. The molecule has 0 aliphatic rings. The number of esters is 1. The summed E-state index contributed by atoms with van der Waals surface area (Å²) >= 11 is 0. The van der Waals surface area contributed by atoms with Gasteiger partial charge in [-0.05, 0) is 43.7 Å². The Hall–Kier alpha value is -4.59. The highest BCUT2D eigenvalue weighted by Gasteiger charge is 2.22. The average Bonchev–Trinajstić information content (AvgIpc) is 2.85. The van der Waals surface area contributed by atoms with E-state index in [2.05, 4.69) is 30.6 Å². The topological polar surface area (TPSA) is 228 Å². The second-order valence-electron chi connectivity index (χ2n) is 7.68. The highest BCUT2D eigenvalue weighted by Crippen LogP contribution is 2.12. The lowest BCUT2D eigenvalue weighted by atomic mass is 10.1. The van der Waals surface area contributed by atoms with Gasteiger partial charge in [-0.15, -0.1) is 0 Å². The molecule has 0 aliphatic carbocycles. The number of nitrogen functional groups attached to an aromatic ring is 1. The zero-order valence-electron chi connectivity index (χ0n) is 19.2. The van der Waals surface area contributed by atoms with Gasteiger partial charge in [0.25, 0.3) is 11.5 Å². The Kier molecular flexibility index (Phi) is 8.83. The van der Waals surface area contributed by atoms with Gasteiger partial charge in [-0.2, -0.15) is 4.98 Å². The van der Waals surface area contributed by atoms with Crippen LogP contribution in [0.3, 0.4) is 0 Å². The van der Waals surface area contributed by atoms with Gasteiger partial charge in [0.1, 0.15) is 6.04 Å². The molecular formula is C22H26N8O6. The van der Waals surface area contributed by atoms with Crippen molar-refractivity contribution in [3.05, 3.63) is 52.1 Å². The van der Waals surface area contributed by atoms with Gasteiger partial charge in [0.15, 0.2) is 11.2 Å². The fourth-order valence-corrected chi connectivity index (χ4v) is 3.09. The van der Waals surface area contributed by atoms with Crippen LogP contribution in [-0.2, 0) is 20.9 Å². The van der Waals surface area contributed by atoms with Crippen LogP contribution >= 0.6 is 0 Å². The lowest BCUT2D eigenvalue weighted by molar-refractivity contribution is -0.144. The van der Waals surface area contributed by atoms with E-state index in [4.69, 9.17) is 16.2 Å². The lowest BCUT2D eigenvalue weighted by Gasteiger charge is -2.14. The molecule has 14 nitrogen and oxygen atoms in total. The minimum absolute atomic E-state index is 0.0488. The standard InChI is InChI=1S/C22H26N8O6/c23-8-1-9-36-16(31)7-6-15(21(34)35)28-19(32)12-2-4-13(5-3-12)25-10-14-11-26-18-17(27-14)20(33)30-22(24)29-18/h2-5,11,15,25H,1,6-10,23H2,(H,28,32)(H,34,35)(H3,24,26,29,30,33). The molecule has 0 saturated heterocycles. The number of carbonyl (C=O) groups excluding carboxylic acids is 2. The number of rotatable bonds is 12. The number of nitrogens with zero attached hydrogens (tertiary/aromatic N) is 3. The number of amides is 1. The van der Waals surface area contributed by atoms with E-state index in [9.17, 15) is 24.3 Å². The first-order chi connectivity index (χ1) is 17.3. The molecule has 1 amide bonds. The van der Waals surface area contributed by atoms with Gasteiger partial charge >= 0.3 is 11.9 Å². The first kappa shape index (κ1) is 26.0. The molecule has 3 aromatic rings. The summed E-state index contributed by atoms with van der Waals surface area (Å²) < 4.78 is 4.94. The van der Waals surface area contributed by atoms with E-state index >= 15 is 0 Å². The number of aromatic amines is 1. The number of carboxylic acids is 1. The maximum Gasteiger partial charge on any atom is 0.326 e. The summed E-state index contributed by atoms with van der Waals surface area (Å²) in [7, 11) is 0. The van der Waals surface area contributed by atoms with E-state index in [1.165, 1.54) is 18.3 Å². The summed E-state index contributed by atoms with van der Waals surface area (Å²) in [6, 6.07) is 5.03. The summed E-state index contributed by atoms with van der Waals surface area (Å²) in [5.41, 5.74) is 11.9. The van der Waals surface area contributed by atoms with Crippen molar-refractivity contribution in [1.82, 2.24) is 25.3 Å². The molecule has 14 heteroatoms. The first-order valence-corrected chi connectivity index (χ1v) is 11.0. The Labute approximate surface area is 204 Å². The van der Waals surface area contributed by atoms with Crippen LogP contribution in [0, 0.1) is 0 Å². The van der Waals surface area contributed by atoms with Crippen LogP contribution in [0.15, 0.2) is 35.3 Å². The molecule has 0 aliphatic heterocycles. The van der Waals surface area contributed by atoms with Gasteiger partial charge < -0.3 is 31.9 Å². The van der Waals surface area contributed by atoms with Crippen molar-refractivity contribution in [1.29, 1.82) is 0 Å². The smallest absolute Gasteiger partial charge is 0.326 e. The molecule has 2 aromatic heterocycles. The molecule has 0 saturated carbocycles. The van der Waals surface area contributed by atoms with Gasteiger partial charge in [0.05, 0.1) is 25.0 Å². The molecule has 0 spiro atoms. The van der Waals surface area contributed by atoms with Gasteiger partial charge in [-0.25, -0.2) is 14.8 Å². The maximum absolute atomic E-state index is 12.5. The van der Waals surface area contributed by atoms with E-state index in [1.54, 1.807) is 12.1 Å². The Balaban J connectivity index is 1.55. The number of aliphatic carboxylic acids is 1. The number of benzene rings is 1. The minimum atomic E-state index is -1.26. The number of hydrogen-bond donors (Lipinski definition) is 6. The molecule has 190 valence electrons. The van der Waals surface area contributed by atoms with Gasteiger partial charge in [-0.3, -0.25) is 19.4 Å². The van der Waals surface area contributed by atoms with Crippen LogP contribution in [0.2, 0.25) is 0 Å². The summed E-state index contributed by atoms with van der Waals surface area (Å²) in [6.45, 7) is 0.778. The van der Waals surface area contributed by atoms with E-state index in [0.29, 0.717) is 24.3 Å². The van der Waals surface area contributed by atoms with Crippen LogP contribution in [-0.4, -0.2) is 62.1 Å². The number of nitrogens with two attached hydrogens (primary N) is 2. The van der Waals surface area contributed by atoms with E-state index in [0.717, 1.165) is 0 Å². The van der Waals surface area contributed by atoms with Crippen LogP contribution in [0.25, 0.3) is 11.2 Å². The van der Waals surface area contributed by atoms with Gasteiger partial charge in [0, 0.05) is 17.7 Å². The van der Waals surface area contributed by atoms with Crippen LogP contribution in [0.5, 0.6) is 0 Å². The molecule has 0 fully saturated rings. The third kappa shape index (κ3) is 7.20. The zero-order chi connectivity index (χ0) is 26.1. The monoisotopic (exact) mass is 498 g/mol. The normalized spacial score (nSPS) is 11.6. The van der Waals surface area contributed by atoms with E-state index in [-0.39, 0.29) is 48.7 Å². The number of hydrogen-bond acceptors (Lipinski definition) is 11. The van der Waals surface area contributed by atoms with Crippen molar-refractivity contribution in [3.63, 3.8) is 0 Å². The van der Waals surface area contributed by atoms with Crippen molar-refractivity contribution in [2.24, 2.45) is 5.73 Å². The number of H-pyrrole nitrogens is 1. The largest absolute Gasteiger partial charge is 0.480 e. The molecule has 1 atom stereocenters. The molecule has 2 heterocycles. The van der Waals surface area contributed by atoms with Crippen molar-refractivity contribution in [2.45, 2.75) is 31.8 Å². The first-order valence-electron chi connectivity index (χ1n) is 11.0. The fourth-order valence-electron chi connectivity index (χ4n) is 3.09. The number of fused-ring (bicyclic) bond motifs is 1. The van der Waals surface area contributed by atoms with Crippen molar-refractivity contribution < 1.29 is 24.2 Å². The predicted molar refractivity (Wildman–Crippen MR) is 129 cm³/mol. The summed E-state index contributed by atoms with van der Waals surface area (Å²) in [5.74, 6) is -2.46. The summed E-state index contributed by atoms with van der Waals surface area (Å²) in [6.07, 6.45) is 1.71. The fraction of sp³-hybridized carbons (Fsp3) is 0.318. The Morgan fingerprint density at radius 3 is 2.61 bits per heavy atom. The number of aromatic nitrogens is 4. The van der Waals surface area contributed by atoms with Gasteiger partial charge in [0.2, 0.25) is 5.95 Å². The molecule has 0 bridgehead atoms. The van der Waals surface area contributed by atoms with Crippen LogP contribution in [0.1, 0.15) is 35.3 Å². The minimum Gasteiger partial charge on any atom is -0.480 e. The molecule has 8 N–H and O–H groups in total. The number of carboxylic acid groups (broad SMARTS) is 1. The maximum atomic E-state index is 12.5. The molecular weight excluding hydrogens is 472 g/mol. The predicted octanol–water partition coefficient (Wildman–Crippen LogP) is -0.237. The Morgan fingerprint density at radius 2 is 1.92 bits per heavy atom. The third-order valence-corrected chi connectivity index (χ3v) is 4.96. The second-order valence-corrected chi connectivity index (χ2v) is 7.68. The number of anilines is 2. The van der Waals surface area contributed by atoms with Crippen LogP contribution in [0.4, 0.5) is 11.6 Å². The molecule has 1 aromatic carbocycles. The number of ether oxygens (including phenoxy) is 1. The average molecular weight is 499 g/mol. The number of carbonyl (C=O) groups is 3. The van der Waals surface area contributed by atoms with Crippen molar-refractivity contribution in [3.8, 4) is 0 Å². The quantitative estimate of drug-likeness (QED) is 0.140. The van der Waals surface area contributed by atoms with Gasteiger partial charge in [-0.1, -0.05) is 0 Å². The number of nitrogens with one attached hydrogen (secondary N) is 3. The summed E-state index contributed by atoms with van der Waals surface area (Å²) in [5, 5.41) is 14.9. The van der Waals surface area contributed by atoms with Crippen molar-refractivity contribution in [2.75, 3.05) is 24.2 Å². The highest BCUT2D eigenvalue weighted by atomic mass is 16.5. The third-order valence-electron chi connectivity index (χ3n) is 4.96. The SMILES string of the molecule is NCCCOC(=O)CCC(NC(=O)c1ccc(NCc2cnc3nc(N)[nH]c(=O)c3n2)cc1)C(=O)O. The Bertz CT molecular complexity index is 1290. The van der Waals surface area contributed by atoms with Crippen LogP contribution < -0.4 is 27.7 Å².